The second-order valence-electron chi connectivity index (χ2n) is 2.85. The quantitative estimate of drug-likeness (QED) is 0.813. The molecule has 0 saturated heterocycles. The zero-order chi connectivity index (χ0) is 10.7. The number of carbonyl (C=O) groups is 1. The Morgan fingerprint density at radius 2 is 2.21 bits per heavy atom. The van der Waals surface area contributed by atoms with Gasteiger partial charge in [0, 0.05) is 5.69 Å². The Bertz CT molecular complexity index is 353. The lowest BCUT2D eigenvalue weighted by Gasteiger charge is -2.04. The second kappa shape index (κ2) is 4.13. The van der Waals surface area contributed by atoms with Crippen LogP contribution in [0.3, 0.4) is 0 Å². The number of aromatic nitrogens is 1. The van der Waals surface area contributed by atoms with Gasteiger partial charge in [-0.3, -0.25) is 9.78 Å². The SMILES string of the molecule is Cc1nc(C(F)F)ccc1CC(=O)O. The summed E-state index contributed by atoms with van der Waals surface area (Å²) < 4.78 is 24.3. The Morgan fingerprint density at radius 3 is 2.64 bits per heavy atom. The van der Waals surface area contributed by atoms with Crippen LogP contribution in [0.2, 0.25) is 0 Å². The number of nitrogens with zero attached hydrogens (tertiary/aromatic N) is 1. The number of carboxylic acids is 1. The fraction of sp³-hybridized carbons (Fsp3) is 0.333. The minimum Gasteiger partial charge on any atom is -0.481 e. The second-order valence-corrected chi connectivity index (χ2v) is 2.85. The van der Waals surface area contributed by atoms with E-state index in [1.165, 1.54) is 13.0 Å². The third-order valence-electron chi connectivity index (χ3n) is 1.78. The lowest BCUT2D eigenvalue weighted by molar-refractivity contribution is -0.136. The molecule has 14 heavy (non-hydrogen) atoms. The van der Waals surface area contributed by atoms with Crippen LogP contribution in [0.4, 0.5) is 8.78 Å². The molecule has 1 heterocycles. The maximum atomic E-state index is 12.2. The highest BCUT2D eigenvalue weighted by atomic mass is 19.3. The van der Waals surface area contributed by atoms with Crippen molar-refractivity contribution >= 4 is 5.97 Å². The lowest BCUT2D eigenvalue weighted by atomic mass is 10.1. The molecule has 0 spiro atoms. The summed E-state index contributed by atoms with van der Waals surface area (Å²) >= 11 is 0. The third-order valence-corrected chi connectivity index (χ3v) is 1.78. The maximum Gasteiger partial charge on any atom is 0.307 e. The zero-order valence-corrected chi connectivity index (χ0v) is 7.50. The minimum absolute atomic E-state index is 0.192. The molecule has 5 heteroatoms. The summed E-state index contributed by atoms with van der Waals surface area (Å²) in [6, 6.07) is 2.52. The first kappa shape index (κ1) is 10.6. The van der Waals surface area contributed by atoms with Crippen molar-refractivity contribution in [2.45, 2.75) is 19.8 Å². The van der Waals surface area contributed by atoms with Crippen molar-refractivity contribution in [2.24, 2.45) is 0 Å². The van der Waals surface area contributed by atoms with E-state index in [2.05, 4.69) is 4.98 Å². The van der Waals surface area contributed by atoms with Gasteiger partial charge in [0.25, 0.3) is 6.43 Å². The molecule has 0 unspecified atom stereocenters. The summed E-state index contributed by atoms with van der Waals surface area (Å²) in [7, 11) is 0. The Hall–Kier alpha value is -1.52. The van der Waals surface area contributed by atoms with Crippen LogP contribution >= 0.6 is 0 Å². The monoisotopic (exact) mass is 201 g/mol. The summed E-state index contributed by atoms with van der Waals surface area (Å²) in [5.74, 6) is -1.00. The Labute approximate surface area is 79.4 Å². The predicted octanol–water partition coefficient (Wildman–Crippen LogP) is 1.95. The van der Waals surface area contributed by atoms with Gasteiger partial charge in [-0.15, -0.1) is 0 Å². The van der Waals surface area contributed by atoms with Crippen LogP contribution in [0.5, 0.6) is 0 Å². The molecular formula is C9H9F2NO2. The first-order valence-electron chi connectivity index (χ1n) is 3.97. The van der Waals surface area contributed by atoms with Crippen molar-refractivity contribution in [1.82, 2.24) is 4.98 Å². The molecule has 0 aromatic carbocycles. The fourth-order valence-electron chi connectivity index (χ4n) is 1.08. The van der Waals surface area contributed by atoms with E-state index in [4.69, 9.17) is 5.11 Å². The third kappa shape index (κ3) is 2.48. The van der Waals surface area contributed by atoms with Crippen molar-refractivity contribution in [1.29, 1.82) is 0 Å². The van der Waals surface area contributed by atoms with Gasteiger partial charge in [0.05, 0.1) is 6.42 Å². The molecule has 1 N–H and O–H groups in total. The Kier molecular flexibility index (Phi) is 3.11. The summed E-state index contributed by atoms with van der Waals surface area (Å²) in [5, 5.41) is 8.49. The molecule has 1 rings (SSSR count). The van der Waals surface area contributed by atoms with Crippen molar-refractivity contribution in [3.05, 3.63) is 29.1 Å². The van der Waals surface area contributed by atoms with Crippen LogP contribution in [0.25, 0.3) is 0 Å². The van der Waals surface area contributed by atoms with E-state index < -0.39 is 12.4 Å². The van der Waals surface area contributed by atoms with Gasteiger partial charge in [-0.05, 0) is 18.6 Å². The molecule has 3 nitrogen and oxygen atoms in total. The van der Waals surface area contributed by atoms with E-state index in [1.54, 1.807) is 0 Å². The van der Waals surface area contributed by atoms with Gasteiger partial charge in [0.2, 0.25) is 0 Å². The van der Waals surface area contributed by atoms with E-state index in [-0.39, 0.29) is 12.1 Å². The largest absolute Gasteiger partial charge is 0.481 e. The number of hydrogen-bond donors (Lipinski definition) is 1. The van der Waals surface area contributed by atoms with Gasteiger partial charge in [-0.1, -0.05) is 6.07 Å². The summed E-state index contributed by atoms with van der Waals surface area (Å²) in [6.45, 7) is 1.52. The Morgan fingerprint density at radius 1 is 1.57 bits per heavy atom. The predicted molar refractivity (Wildman–Crippen MR) is 45.3 cm³/mol. The minimum atomic E-state index is -2.62. The molecule has 1 aromatic rings. The van der Waals surface area contributed by atoms with Crippen molar-refractivity contribution < 1.29 is 18.7 Å². The van der Waals surface area contributed by atoms with Crippen molar-refractivity contribution in [3.8, 4) is 0 Å². The lowest BCUT2D eigenvalue weighted by Crippen LogP contribution is -2.04. The topological polar surface area (TPSA) is 50.2 Å². The molecule has 0 aliphatic carbocycles. The molecule has 76 valence electrons. The number of halogens is 2. The molecule has 0 aliphatic heterocycles. The van der Waals surface area contributed by atoms with Gasteiger partial charge < -0.3 is 5.11 Å². The summed E-state index contributed by atoms with van der Waals surface area (Å²) in [5.41, 5.74) is 0.476. The van der Waals surface area contributed by atoms with Crippen LogP contribution in [0.15, 0.2) is 12.1 Å². The van der Waals surface area contributed by atoms with Gasteiger partial charge in [0.15, 0.2) is 0 Å². The van der Waals surface area contributed by atoms with E-state index >= 15 is 0 Å². The summed E-state index contributed by atoms with van der Waals surface area (Å²) in [4.78, 5) is 14.0. The van der Waals surface area contributed by atoms with Crippen LogP contribution in [0, 0.1) is 6.92 Å². The number of carboxylic acid groups (broad SMARTS) is 1. The number of aryl methyl sites for hydroxylation is 1. The highest BCUT2D eigenvalue weighted by Gasteiger charge is 2.11. The molecule has 0 amide bonds. The molecule has 1 aromatic heterocycles. The number of alkyl halides is 2. The van der Waals surface area contributed by atoms with Gasteiger partial charge in [-0.2, -0.15) is 0 Å². The first-order valence-corrected chi connectivity index (χ1v) is 3.97. The average molecular weight is 201 g/mol. The van der Waals surface area contributed by atoms with Gasteiger partial charge >= 0.3 is 5.97 Å². The molecule has 0 atom stereocenters. The van der Waals surface area contributed by atoms with Gasteiger partial charge in [0.1, 0.15) is 5.69 Å². The molecular weight excluding hydrogens is 192 g/mol. The normalized spacial score (nSPS) is 10.6. The number of pyridine rings is 1. The number of hydrogen-bond acceptors (Lipinski definition) is 2. The molecule has 0 radical (unpaired) electrons. The van der Waals surface area contributed by atoms with Gasteiger partial charge in [-0.25, -0.2) is 8.78 Å². The fourth-order valence-corrected chi connectivity index (χ4v) is 1.08. The zero-order valence-electron chi connectivity index (χ0n) is 7.50. The first-order chi connectivity index (χ1) is 6.50. The van der Waals surface area contributed by atoms with Crippen LogP contribution in [-0.4, -0.2) is 16.1 Å². The van der Waals surface area contributed by atoms with E-state index in [0.717, 1.165) is 6.07 Å². The average Bonchev–Trinajstić information content (AvgIpc) is 2.07. The molecule has 0 bridgehead atoms. The highest BCUT2D eigenvalue weighted by molar-refractivity contribution is 5.70. The van der Waals surface area contributed by atoms with Crippen LogP contribution < -0.4 is 0 Å². The molecule has 0 fully saturated rings. The van der Waals surface area contributed by atoms with Crippen molar-refractivity contribution in [2.75, 3.05) is 0 Å². The van der Waals surface area contributed by atoms with Crippen LogP contribution in [0.1, 0.15) is 23.4 Å². The number of rotatable bonds is 3. The maximum absolute atomic E-state index is 12.2. The van der Waals surface area contributed by atoms with E-state index in [1.807, 2.05) is 0 Å². The Balaban J connectivity index is 2.95. The van der Waals surface area contributed by atoms with Crippen LogP contribution in [-0.2, 0) is 11.2 Å². The van der Waals surface area contributed by atoms with E-state index in [0.29, 0.717) is 11.3 Å². The molecule has 0 saturated carbocycles. The van der Waals surface area contributed by atoms with E-state index in [9.17, 15) is 13.6 Å². The molecule has 0 aliphatic rings. The standard InChI is InChI=1S/C9H9F2NO2/c1-5-6(4-8(13)14)2-3-7(12-5)9(10)11/h2-3,9H,4H2,1H3,(H,13,14). The summed E-state index contributed by atoms with van der Waals surface area (Å²) in [6.07, 6.45) is -2.81. The van der Waals surface area contributed by atoms with Crippen molar-refractivity contribution in [3.63, 3.8) is 0 Å². The highest BCUT2D eigenvalue weighted by Crippen LogP contribution is 2.18. The smallest absolute Gasteiger partial charge is 0.307 e. The number of aliphatic carboxylic acids is 1.